The van der Waals surface area contributed by atoms with Gasteiger partial charge in [-0.3, -0.25) is 10.1 Å². The van der Waals surface area contributed by atoms with Gasteiger partial charge < -0.3 is 15.4 Å². The minimum atomic E-state index is -0.535. The normalized spacial score (nSPS) is 14.5. The van der Waals surface area contributed by atoms with E-state index in [1.807, 2.05) is 0 Å². The summed E-state index contributed by atoms with van der Waals surface area (Å²) in [6, 6.07) is 5.50. The fraction of sp³-hybridized carbons (Fsp3) is 0.308. The number of amides is 2. The van der Waals surface area contributed by atoms with Gasteiger partial charge in [0.15, 0.2) is 0 Å². The van der Waals surface area contributed by atoms with Gasteiger partial charge in [0, 0.05) is 12.3 Å². The number of hydrogen-bond acceptors (Lipinski definition) is 4. The van der Waals surface area contributed by atoms with Gasteiger partial charge in [-0.2, -0.15) is 0 Å². The number of nitro benzene ring substituents is 1. The number of rotatable bonds is 3. The highest BCUT2D eigenvalue weighted by atomic mass is 16.6. The molecule has 7 nitrogen and oxygen atoms in total. The number of carbonyl (C=O) groups excluding carboxylic acids is 1. The van der Waals surface area contributed by atoms with Crippen molar-refractivity contribution in [3.8, 4) is 0 Å². The monoisotopic (exact) mass is 277 g/mol. The van der Waals surface area contributed by atoms with E-state index >= 15 is 0 Å². The second-order valence-electron chi connectivity index (χ2n) is 4.29. The minimum Gasteiger partial charge on any atom is -0.381 e. The van der Waals surface area contributed by atoms with Crippen LogP contribution in [0.2, 0.25) is 0 Å². The van der Waals surface area contributed by atoms with Crippen LogP contribution in [0, 0.1) is 10.1 Å². The zero-order valence-corrected chi connectivity index (χ0v) is 10.8. The van der Waals surface area contributed by atoms with Crippen LogP contribution in [0.5, 0.6) is 0 Å². The molecule has 2 rings (SSSR count). The average Bonchev–Trinajstić information content (AvgIpc) is 2.46. The molecule has 106 valence electrons. The Hall–Kier alpha value is -2.41. The highest BCUT2D eigenvalue weighted by Gasteiger charge is 2.14. The Balaban J connectivity index is 1.96. The summed E-state index contributed by atoms with van der Waals surface area (Å²) in [5, 5.41) is 15.9. The van der Waals surface area contributed by atoms with E-state index < -0.39 is 11.0 Å². The second kappa shape index (κ2) is 6.67. The van der Waals surface area contributed by atoms with Crippen molar-refractivity contribution in [2.75, 3.05) is 18.5 Å². The number of nitrogens with zero attached hydrogens (tertiary/aromatic N) is 1. The zero-order valence-electron chi connectivity index (χ0n) is 10.8. The predicted molar refractivity (Wildman–Crippen MR) is 73.4 cm³/mol. The molecular weight excluding hydrogens is 262 g/mol. The lowest BCUT2D eigenvalue weighted by Crippen LogP contribution is -2.25. The quantitative estimate of drug-likeness (QED) is 0.655. The van der Waals surface area contributed by atoms with Crippen LogP contribution in [0.1, 0.15) is 12.8 Å². The lowest BCUT2D eigenvalue weighted by Gasteiger charge is -2.14. The predicted octanol–water partition coefficient (Wildman–Crippen LogP) is 2.41. The Labute approximate surface area is 115 Å². The number of anilines is 1. The molecule has 0 aliphatic carbocycles. The Bertz CT molecular complexity index is 534. The van der Waals surface area contributed by atoms with Crippen molar-refractivity contribution in [2.24, 2.45) is 0 Å². The molecule has 0 saturated carbocycles. The number of para-hydroxylation sites is 2. The molecular formula is C13H15N3O4. The Kier molecular flexibility index (Phi) is 4.67. The number of nitro groups is 1. The number of urea groups is 1. The molecule has 7 heteroatoms. The van der Waals surface area contributed by atoms with E-state index in [9.17, 15) is 14.9 Å². The van der Waals surface area contributed by atoms with Crippen LogP contribution in [-0.2, 0) is 4.74 Å². The van der Waals surface area contributed by atoms with Gasteiger partial charge in [-0.15, -0.1) is 0 Å². The minimum absolute atomic E-state index is 0.138. The van der Waals surface area contributed by atoms with Crippen molar-refractivity contribution in [2.45, 2.75) is 12.8 Å². The molecule has 20 heavy (non-hydrogen) atoms. The van der Waals surface area contributed by atoms with E-state index in [4.69, 9.17) is 4.74 Å². The first-order valence-corrected chi connectivity index (χ1v) is 6.23. The Morgan fingerprint density at radius 3 is 2.70 bits per heavy atom. The number of hydrogen-bond donors (Lipinski definition) is 2. The van der Waals surface area contributed by atoms with Gasteiger partial charge in [-0.1, -0.05) is 12.1 Å². The summed E-state index contributed by atoms with van der Waals surface area (Å²) in [6.45, 7) is 1.30. The first kappa shape index (κ1) is 14.0. The van der Waals surface area contributed by atoms with E-state index in [1.165, 1.54) is 12.1 Å². The number of benzene rings is 1. The second-order valence-corrected chi connectivity index (χ2v) is 4.29. The molecule has 1 aliphatic heterocycles. The Morgan fingerprint density at radius 2 is 2.00 bits per heavy atom. The molecule has 1 aromatic carbocycles. The molecule has 1 heterocycles. The van der Waals surface area contributed by atoms with Crippen molar-refractivity contribution >= 4 is 17.4 Å². The van der Waals surface area contributed by atoms with Crippen LogP contribution >= 0.6 is 0 Å². The largest absolute Gasteiger partial charge is 0.381 e. The first-order chi connectivity index (χ1) is 9.66. The maximum absolute atomic E-state index is 11.7. The fourth-order valence-corrected chi connectivity index (χ4v) is 1.84. The van der Waals surface area contributed by atoms with E-state index in [1.54, 1.807) is 18.3 Å². The van der Waals surface area contributed by atoms with Gasteiger partial charge >= 0.3 is 6.03 Å². The molecule has 1 aromatic rings. The number of nitrogens with one attached hydrogen (secondary N) is 2. The highest BCUT2D eigenvalue weighted by molar-refractivity contribution is 5.92. The fourth-order valence-electron chi connectivity index (χ4n) is 1.84. The van der Waals surface area contributed by atoms with E-state index in [0.717, 1.165) is 18.4 Å². The number of carbonyl (C=O) groups is 1. The molecule has 2 amide bonds. The average molecular weight is 277 g/mol. The molecule has 0 atom stereocenters. The summed E-state index contributed by atoms with van der Waals surface area (Å²) in [5.41, 5.74) is 1.12. The van der Waals surface area contributed by atoms with Crippen LogP contribution in [0.15, 0.2) is 36.0 Å². The van der Waals surface area contributed by atoms with Gasteiger partial charge in [0.25, 0.3) is 5.69 Å². The van der Waals surface area contributed by atoms with E-state index in [2.05, 4.69) is 10.6 Å². The van der Waals surface area contributed by atoms with E-state index in [0.29, 0.717) is 13.2 Å². The molecule has 1 saturated heterocycles. The van der Waals surface area contributed by atoms with Crippen LogP contribution in [-0.4, -0.2) is 24.2 Å². The maximum Gasteiger partial charge on any atom is 0.323 e. The van der Waals surface area contributed by atoms with Crippen molar-refractivity contribution < 1.29 is 14.5 Å². The molecule has 0 bridgehead atoms. The van der Waals surface area contributed by atoms with Crippen molar-refractivity contribution in [1.29, 1.82) is 0 Å². The summed E-state index contributed by atoms with van der Waals surface area (Å²) in [7, 11) is 0. The van der Waals surface area contributed by atoms with Crippen molar-refractivity contribution in [3.05, 3.63) is 46.2 Å². The van der Waals surface area contributed by atoms with Crippen LogP contribution in [0.4, 0.5) is 16.2 Å². The summed E-state index contributed by atoms with van der Waals surface area (Å²) in [4.78, 5) is 22.0. The lowest BCUT2D eigenvalue weighted by molar-refractivity contribution is -0.383. The maximum atomic E-state index is 11.7. The SMILES string of the molecule is O=C(NC=C1CCOCC1)Nc1ccccc1[N+](=O)[O-]. The lowest BCUT2D eigenvalue weighted by atomic mass is 10.1. The molecule has 1 aliphatic rings. The van der Waals surface area contributed by atoms with Gasteiger partial charge in [-0.05, 0) is 24.5 Å². The summed E-state index contributed by atoms with van der Waals surface area (Å²) in [6.07, 6.45) is 3.20. The van der Waals surface area contributed by atoms with Gasteiger partial charge in [0.1, 0.15) is 5.69 Å². The van der Waals surface area contributed by atoms with Crippen LogP contribution in [0.25, 0.3) is 0 Å². The molecule has 2 N–H and O–H groups in total. The Morgan fingerprint density at radius 1 is 1.30 bits per heavy atom. The molecule has 0 aromatic heterocycles. The van der Waals surface area contributed by atoms with Crippen molar-refractivity contribution in [3.63, 3.8) is 0 Å². The van der Waals surface area contributed by atoms with Gasteiger partial charge in [0.2, 0.25) is 0 Å². The summed E-state index contributed by atoms with van der Waals surface area (Å²) in [5.74, 6) is 0. The third kappa shape index (κ3) is 3.79. The molecule has 0 unspecified atom stereocenters. The summed E-state index contributed by atoms with van der Waals surface area (Å²) < 4.78 is 5.20. The third-order valence-corrected chi connectivity index (χ3v) is 2.89. The highest BCUT2D eigenvalue weighted by Crippen LogP contribution is 2.22. The molecule has 0 spiro atoms. The van der Waals surface area contributed by atoms with Gasteiger partial charge in [-0.25, -0.2) is 4.79 Å². The van der Waals surface area contributed by atoms with E-state index in [-0.39, 0.29) is 11.4 Å². The molecule has 1 fully saturated rings. The van der Waals surface area contributed by atoms with Crippen molar-refractivity contribution in [1.82, 2.24) is 5.32 Å². The standard InChI is InChI=1S/C13H15N3O4/c17-13(14-9-10-5-7-20-8-6-10)15-11-3-1-2-4-12(11)16(18)19/h1-4,9H,5-8H2,(H2,14,15,17). The smallest absolute Gasteiger partial charge is 0.323 e. The summed E-state index contributed by atoms with van der Waals surface area (Å²) >= 11 is 0. The number of ether oxygens (including phenoxy) is 1. The zero-order chi connectivity index (χ0) is 14.4. The third-order valence-electron chi connectivity index (χ3n) is 2.89. The topological polar surface area (TPSA) is 93.5 Å². The van der Waals surface area contributed by atoms with Gasteiger partial charge in [0.05, 0.1) is 18.1 Å². The van der Waals surface area contributed by atoms with Crippen LogP contribution in [0.3, 0.4) is 0 Å². The first-order valence-electron chi connectivity index (χ1n) is 6.23. The van der Waals surface area contributed by atoms with Crippen LogP contribution < -0.4 is 10.6 Å². The molecule has 0 radical (unpaired) electrons.